The first-order chi connectivity index (χ1) is 5.67. The minimum Gasteiger partial charge on any atom is -0.468 e. The van der Waals surface area contributed by atoms with E-state index < -0.39 is 12.0 Å². The van der Waals surface area contributed by atoms with Crippen LogP contribution in [0.25, 0.3) is 0 Å². The minimum absolute atomic E-state index is 0.0890. The number of carbonyl (C=O) groups is 1. The van der Waals surface area contributed by atoms with E-state index in [0.717, 1.165) is 0 Å². The van der Waals surface area contributed by atoms with E-state index in [4.69, 9.17) is 5.73 Å². The van der Waals surface area contributed by atoms with Crippen molar-refractivity contribution in [3.8, 4) is 0 Å². The molecular weight excluding hydrogens is 182 g/mol. The van der Waals surface area contributed by atoms with Crippen LogP contribution in [0.2, 0.25) is 0 Å². The highest BCUT2D eigenvalue weighted by Crippen LogP contribution is 2.11. The molecule has 0 heterocycles. The first-order valence-corrected chi connectivity index (χ1v) is 3.91. The second-order valence-electron chi connectivity index (χ2n) is 1.98. The third-order valence-electron chi connectivity index (χ3n) is 1.30. The molecule has 0 aromatic heterocycles. The van der Waals surface area contributed by atoms with Gasteiger partial charge in [0.2, 0.25) is 0 Å². The topological polar surface area (TPSA) is 85.0 Å². The zero-order chi connectivity index (χ0) is 9.56. The molecule has 6 nitrogen and oxygen atoms in total. The molecule has 1 unspecified atom stereocenters. The molecule has 70 valence electrons. The fraction of sp³-hybridized carbons (Fsp3) is 0.800. The fourth-order valence-electron chi connectivity index (χ4n) is 0.639. The van der Waals surface area contributed by atoms with Gasteiger partial charge in [0.15, 0.2) is 0 Å². The monoisotopic (exact) mass is 193 g/mol. The van der Waals surface area contributed by atoms with Crippen LogP contribution in [0.1, 0.15) is 0 Å². The van der Waals surface area contributed by atoms with Crippen LogP contribution in [-0.4, -0.2) is 37.0 Å². The molecule has 0 fully saturated rings. The first-order valence-electron chi connectivity index (χ1n) is 3.17. The lowest BCUT2D eigenvalue weighted by Gasteiger charge is -2.19. The fourth-order valence-corrected chi connectivity index (χ4v) is 1.03. The average molecular weight is 193 g/mol. The maximum absolute atomic E-state index is 11.0. The summed E-state index contributed by atoms with van der Waals surface area (Å²) in [6.45, 7) is 0.0890. The Morgan fingerprint density at radius 2 is 2.42 bits per heavy atom. The predicted molar refractivity (Wildman–Crippen MR) is 46.0 cm³/mol. The molecule has 0 radical (unpaired) electrons. The van der Waals surface area contributed by atoms with Crippen molar-refractivity contribution in [2.24, 2.45) is 10.3 Å². The SMILES string of the molecule is COC(=O)C(CN)N(C)SN=O. The molecule has 0 aromatic rings. The van der Waals surface area contributed by atoms with E-state index in [1.165, 1.54) is 11.4 Å². The Bertz CT molecular complexity index is 166. The van der Waals surface area contributed by atoms with E-state index in [1.54, 1.807) is 7.05 Å². The van der Waals surface area contributed by atoms with Gasteiger partial charge in [-0.2, -0.15) is 0 Å². The van der Waals surface area contributed by atoms with Gasteiger partial charge in [-0.15, -0.1) is 4.91 Å². The summed E-state index contributed by atoms with van der Waals surface area (Å²) >= 11 is 0.630. The summed E-state index contributed by atoms with van der Waals surface area (Å²) in [5, 5.41) is 0. The molecule has 0 aliphatic carbocycles. The van der Waals surface area contributed by atoms with Crippen LogP contribution in [0.4, 0.5) is 0 Å². The second kappa shape index (κ2) is 5.92. The average Bonchev–Trinajstić information content (AvgIpc) is 2.06. The lowest BCUT2D eigenvalue weighted by atomic mass is 10.3. The lowest BCUT2D eigenvalue weighted by Crippen LogP contribution is -2.40. The van der Waals surface area contributed by atoms with Crippen molar-refractivity contribution in [3.05, 3.63) is 4.91 Å². The van der Waals surface area contributed by atoms with Crippen LogP contribution < -0.4 is 5.73 Å². The van der Waals surface area contributed by atoms with Gasteiger partial charge in [-0.05, 0) is 0 Å². The number of methoxy groups -OCH3 is 1. The van der Waals surface area contributed by atoms with E-state index in [2.05, 4.69) is 9.32 Å². The largest absolute Gasteiger partial charge is 0.468 e. The van der Waals surface area contributed by atoms with Crippen molar-refractivity contribution in [1.29, 1.82) is 0 Å². The zero-order valence-electron chi connectivity index (χ0n) is 6.89. The Balaban J connectivity index is 4.12. The van der Waals surface area contributed by atoms with Crippen LogP contribution >= 0.6 is 12.1 Å². The molecule has 0 spiro atoms. The summed E-state index contributed by atoms with van der Waals surface area (Å²) in [6.07, 6.45) is 0. The summed E-state index contributed by atoms with van der Waals surface area (Å²) in [4.78, 5) is 20.8. The number of rotatable bonds is 5. The number of ether oxygens (including phenoxy) is 1. The van der Waals surface area contributed by atoms with Gasteiger partial charge < -0.3 is 10.5 Å². The van der Waals surface area contributed by atoms with Gasteiger partial charge in [0, 0.05) is 18.2 Å². The Hall–Kier alpha value is -0.660. The van der Waals surface area contributed by atoms with Crippen molar-refractivity contribution < 1.29 is 9.53 Å². The standard InChI is InChI=1S/C5H11N3O3S/c1-8(12-7-10)4(3-6)5(9)11-2/h4H,3,6H2,1-2H3. The second-order valence-corrected chi connectivity index (χ2v) is 2.87. The molecule has 0 bridgehead atoms. The molecule has 2 N–H and O–H groups in total. The third-order valence-corrected chi connectivity index (χ3v) is 1.88. The Labute approximate surface area is 74.7 Å². The zero-order valence-corrected chi connectivity index (χ0v) is 7.71. The van der Waals surface area contributed by atoms with Crippen molar-refractivity contribution in [2.45, 2.75) is 6.04 Å². The van der Waals surface area contributed by atoms with Gasteiger partial charge in [-0.3, -0.25) is 4.79 Å². The number of nitroso groups, excluding NO2 is 1. The molecule has 0 aliphatic heterocycles. The number of hydrogen-bond acceptors (Lipinski definition) is 7. The number of esters is 1. The Kier molecular flexibility index (Phi) is 5.60. The van der Waals surface area contributed by atoms with Gasteiger partial charge in [-0.1, -0.05) is 0 Å². The van der Waals surface area contributed by atoms with Gasteiger partial charge in [0.25, 0.3) is 0 Å². The third kappa shape index (κ3) is 3.16. The maximum atomic E-state index is 11.0. The number of nitrogens with zero attached hydrogens (tertiary/aromatic N) is 2. The molecule has 0 aromatic carbocycles. The van der Waals surface area contributed by atoms with Crippen LogP contribution in [-0.2, 0) is 9.53 Å². The Morgan fingerprint density at radius 1 is 1.83 bits per heavy atom. The summed E-state index contributed by atoms with van der Waals surface area (Å²) in [5.41, 5.74) is 5.28. The molecule has 0 saturated carbocycles. The van der Waals surface area contributed by atoms with Crippen molar-refractivity contribution in [3.63, 3.8) is 0 Å². The molecular formula is C5H11N3O3S. The molecule has 0 aliphatic rings. The van der Waals surface area contributed by atoms with Crippen LogP contribution in [0, 0.1) is 4.91 Å². The summed E-state index contributed by atoms with van der Waals surface area (Å²) in [6, 6.07) is -0.627. The Morgan fingerprint density at radius 3 is 2.75 bits per heavy atom. The first kappa shape index (κ1) is 11.3. The van der Waals surface area contributed by atoms with Crippen LogP contribution in [0.15, 0.2) is 4.58 Å². The molecule has 0 rings (SSSR count). The quantitative estimate of drug-likeness (QED) is 0.368. The number of carbonyl (C=O) groups excluding carboxylic acids is 1. The molecule has 1 atom stereocenters. The normalized spacial score (nSPS) is 12.7. The van der Waals surface area contributed by atoms with Crippen molar-refractivity contribution >= 4 is 18.1 Å². The van der Waals surface area contributed by atoms with Crippen LogP contribution in [0.5, 0.6) is 0 Å². The van der Waals surface area contributed by atoms with E-state index in [9.17, 15) is 9.70 Å². The lowest BCUT2D eigenvalue weighted by molar-refractivity contribution is -0.144. The summed E-state index contributed by atoms with van der Waals surface area (Å²) in [5.74, 6) is -0.476. The minimum atomic E-state index is -0.627. The van der Waals surface area contributed by atoms with E-state index >= 15 is 0 Å². The molecule has 12 heavy (non-hydrogen) atoms. The van der Waals surface area contributed by atoms with Gasteiger partial charge >= 0.3 is 5.97 Å². The maximum Gasteiger partial charge on any atom is 0.325 e. The van der Waals surface area contributed by atoms with Gasteiger partial charge in [0.1, 0.15) is 18.2 Å². The highest BCUT2D eigenvalue weighted by atomic mass is 32.2. The molecule has 7 heteroatoms. The number of nitrogens with two attached hydrogens (primary N) is 1. The van der Waals surface area contributed by atoms with Gasteiger partial charge in [0.05, 0.1) is 7.11 Å². The van der Waals surface area contributed by atoms with E-state index in [1.807, 2.05) is 0 Å². The molecule has 0 saturated heterocycles. The number of hydrogen-bond donors (Lipinski definition) is 1. The van der Waals surface area contributed by atoms with E-state index in [0.29, 0.717) is 12.1 Å². The van der Waals surface area contributed by atoms with Crippen LogP contribution in [0.3, 0.4) is 0 Å². The van der Waals surface area contributed by atoms with E-state index in [-0.39, 0.29) is 6.54 Å². The van der Waals surface area contributed by atoms with Gasteiger partial charge in [-0.25, -0.2) is 4.31 Å². The number of likely N-dealkylation sites (N-methyl/N-ethyl adjacent to an activating group) is 1. The van der Waals surface area contributed by atoms with Crippen molar-refractivity contribution in [2.75, 3.05) is 20.7 Å². The molecule has 0 amide bonds. The smallest absolute Gasteiger partial charge is 0.325 e. The summed E-state index contributed by atoms with van der Waals surface area (Å²) in [7, 11) is 2.80. The summed E-state index contributed by atoms with van der Waals surface area (Å²) < 4.78 is 8.35. The highest BCUT2D eigenvalue weighted by Gasteiger charge is 2.23. The highest BCUT2D eigenvalue weighted by molar-refractivity contribution is 7.95. The predicted octanol–water partition coefficient (Wildman–Crippen LogP) is -0.252. The van der Waals surface area contributed by atoms with Crippen molar-refractivity contribution in [1.82, 2.24) is 4.31 Å².